The van der Waals surface area contributed by atoms with E-state index in [0.29, 0.717) is 33.3 Å². The van der Waals surface area contributed by atoms with E-state index < -0.39 is 24.5 Å². The molecule has 0 aliphatic carbocycles. The van der Waals surface area contributed by atoms with Crippen LogP contribution in [0.5, 0.6) is 5.75 Å². The average Bonchev–Trinajstić information content (AvgIpc) is 2.94. The number of hydrogen-bond donors (Lipinski definition) is 2. The minimum atomic E-state index is -1.05. The zero-order valence-electron chi connectivity index (χ0n) is 22.0. The fourth-order valence-corrected chi connectivity index (χ4v) is 3.66. The number of nitrogens with one attached hydrogen (secondary N) is 1. The van der Waals surface area contributed by atoms with Crippen LogP contribution in [0, 0.1) is 0 Å². The van der Waals surface area contributed by atoms with E-state index in [1.165, 1.54) is 12.1 Å². The molecule has 208 valence electrons. The Morgan fingerprint density at radius 1 is 0.775 bits per heavy atom. The molecule has 7 nitrogen and oxygen atoms in total. The van der Waals surface area contributed by atoms with Gasteiger partial charge in [-0.05, 0) is 68.0 Å². The molecule has 0 heterocycles. The summed E-state index contributed by atoms with van der Waals surface area (Å²) in [7, 11) is 3.75. The van der Waals surface area contributed by atoms with E-state index in [4.69, 9.17) is 37.8 Å². The molecule has 0 aliphatic rings. The molecule has 0 bridgehead atoms. The Balaban J connectivity index is 0.000000295. The molecule has 40 heavy (non-hydrogen) atoms. The van der Waals surface area contributed by atoms with Gasteiger partial charge in [-0.3, -0.25) is 0 Å². The van der Waals surface area contributed by atoms with Gasteiger partial charge in [0.05, 0.1) is 16.1 Å². The molecule has 0 atom stereocenters. The van der Waals surface area contributed by atoms with Gasteiger partial charge in [0.2, 0.25) is 0 Å². The number of carboxylic acid groups (broad SMARTS) is 1. The summed E-state index contributed by atoms with van der Waals surface area (Å²) in [6.45, 7) is -0.415. The summed E-state index contributed by atoms with van der Waals surface area (Å²) in [6, 6.07) is 30.1. The highest BCUT2D eigenvalue weighted by atomic mass is 35.5. The summed E-state index contributed by atoms with van der Waals surface area (Å²) in [5, 5.41) is 11.9. The van der Waals surface area contributed by atoms with Crippen molar-refractivity contribution >= 4 is 41.1 Å². The monoisotopic (exact) mass is 581 g/mol. The second kappa shape index (κ2) is 17.4. The minimum Gasteiger partial charge on any atom is -0.480 e. The first-order valence-electron chi connectivity index (χ1n) is 12.1. The second-order valence-corrected chi connectivity index (χ2v) is 8.96. The molecule has 0 spiro atoms. The molecular formula is C31H29Cl2NO6. The first-order chi connectivity index (χ1) is 19.2. The molecule has 4 rings (SSSR count). The van der Waals surface area contributed by atoms with Gasteiger partial charge in [-0.1, -0.05) is 89.9 Å². The van der Waals surface area contributed by atoms with Crippen LogP contribution < -0.4 is 10.1 Å². The van der Waals surface area contributed by atoms with Gasteiger partial charge in [0.25, 0.3) is 0 Å². The van der Waals surface area contributed by atoms with Crippen molar-refractivity contribution in [2.24, 2.45) is 0 Å². The fraction of sp³-hybridized carbons (Fsp3) is 0.129. The van der Waals surface area contributed by atoms with E-state index in [1.54, 1.807) is 48.5 Å². The number of carbonyl (C=O) groups is 3. The molecule has 0 unspecified atom stereocenters. The molecule has 2 N–H and O–H groups in total. The van der Waals surface area contributed by atoms with Gasteiger partial charge < -0.3 is 19.9 Å². The van der Waals surface area contributed by atoms with E-state index in [-0.39, 0.29) is 0 Å². The molecule has 4 aromatic carbocycles. The third kappa shape index (κ3) is 11.3. The topological polar surface area (TPSA) is 102 Å². The lowest BCUT2D eigenvalue weighted by Crippen LogP contribution is -2.14. The van der Waals surface area contributed by atoms with Crippen LogP contribution in [0.3, 0.4) is 0 Å². The lowest BCUT2D eigenvalue weighted by Gasteiger charge is -2.09. The molecule has 0 aromatic heterocycles. The van der Waals surface area contributed by atoms with Crippen LogP contribution in [-0.2, 0) is 16.0 Å². The maximum atomic E-state index is 12.4. The van der Waals surface area contributed by atoms with Crippen molar-refractivity contribution in [1.29, 1.82) is 0 Å². The first-order valence-corrected chi connectivity index (χ1v) is 12.8. The summed E-state index contributed by atoms with van der Waals surface area (Å²) < 4.78 is 9.89. The van der Waals surface area contributed by atoms with Crippen molar-refractivity contribution < 1.29 is 29.0 Å². The molecule has 0 fully saturated rings. The minimum absolute atomic E-state index is 0.300. The highest BCUT2D eigenvalue weighted by Crippen LogP contribution is 2.27. The number of ether oxygens (including phenoxy) is 2. The lowest BCUT2D eigenvalue weighted by molar-refractivity contribution is -0.139. The van der Waals surface area contributed by atoms with Crippen molar-refractivity contribution in [3.05, 3.63) is 135 Å². The average molecular weight is 582 g/mol. The van der Waals surface area contributed by atoms with Crippen molar-refractivity contribution in [3.8, 4) is 5.75 Å². The molecule has 9 heteroatoms. The predicted molar refractivity (Wildman–Crippen MR) is 156 cm³/mol. The summed E-state index contributed by atoms with van der Waals surface area (Å²) in [4.78, 5) is 34.6. The number of carbonyl (C=O) groups excluding carboxylic acids is 2. The predicted octanol–water partition coefficient (Wildman–Crippen LogP) is 6.57. The largest absolute Gasteiger partial charge is 0.480 e. The Bertz CT molecular complexity index is 1380. The van der Waals surface area contributed by atoms with Gasteiger partial charge >= 0.3 is 17.9 Å². The van der Waals surface area contributed by atoms with Gasteiger partial charge in [-0.2, -0.15) is 0 Å². The molecule has 0 aliphatic heterocycles. The van der Waals surface area contributed by atoms with Gasteiger partial charge in [0.15, 0.2) is 6.61 Å². The maximum Gasteiger partial charge on any atom is 0.346 e. The summed E-state index contributed by atoms with van der Waals surface area (Å²) in [5.74, 6) is -2.01. The number of halogens is 2. The number of benzene rings is 4. The van der Waals surface area contributed by atoms with E-state index in [2.05, 4.69) is 5.32 Å². The van der Waals surface area contributed by atoms with Crippen molar-refractivity contribution in [2.45, 2.75) is 6.42 Å². The Hall–Kier alpha value is -4.17. The molecule has 0 saturated carbocycles. The maximum absolute atomic E-state index is 12.4. The third-order valence-corrected chi connectivity index (χ3v) is 5.45. The fourth-order valence-electron chi connectivity index (χ4n) is 3.19. The Kier molecular flexibility index (Phi) is 14.0. The molecular weight excluding hydrogens is 553 g/mol. The SMILES string of the molecule is CNC.O=C(O)COc1ccc(Cl)cc1Cl.O=C(OC(=O)c1ccccc1Cc1ccccc1)c1ccccc1. The zero-order chi connectivity index (χ0) is 29.3. The smallest absolute Gasteiger partial charge is 0.346 e. The van der Waals surface area contributed by atoms with Crippen molar-refractivity contribution in [1.82, 2.24) is 5.32 Å². The van der Waals surface area contributed by atoms with Crippen LogP contribution in [-0.4, -0.2) is 43.7 Å². The Labute approximate surface area is 243 Å². The van der Waals surface area contributed by atoms with E-state index >= 15 is 0 Å². The number of hydrogen-bond acceptors (Lipinski definition) is 6. The van der Waals surface area contributed by atoms with Crippen LogP contribution in [0.2, 0.25) is 10.0 Å². The summed E-state index contributed by atoms with van der Waals surface area (Å²) in [6.07, 6.45) is 0.603. The Morgan fingerprint density at radius 3 is 1.95 bits per heavy atom. The Morgan fingerprint density at radius 2 is 1.35 bits per heavy atom. The van der Waals surface area contributed by atoms with E-state index in [1.807, 2.05) is 56.6 Å². The van der Waals surface area contributed by atoms with Crippen molar-refractivity contribution in [2.75, 3.05) is 20.7 Å². The van der Waals surface area contributed by atoms with E-state index in [9.17, 15) is 14.4 Å². The number of rotatable bonds is 7. The zero-order valence-corrected chi connectivity index (χ0v) is 23.5. The van der Waals surface area contributed by atoms with Crippen molar-refractivity contribution in [3.63, 3.8) is 0 Å². The van der Waals surface area contributed by atoms with Gasteiger partial charge in [-0.25, -0.2) is 14.4 Å². The standard InChI is InChI=1S/C21H16O3.C8H6Cl2O3.C2H7N/c22-20(17-11-5-2-6-12-17)24-21(23)19-14-8-7-13-18(19)15-16-9-3-1-4-10-16;9-5-1-2-7(6(10)3-5)13-4-8(11)12;1-3-2/h1-14H,15H2;1-3H,4H2,(H,11,12);3H,1-2H3. The molecule has 0 radical (unpaired) electrons. The third-order valence-electron chi connectivity index (χ3n) is 4.91. The highest BCUT2D eigenvalue weighted by Gasteiger charge is 2.17. The van der Waals surface area contributed by atoms with Crippen LogP contribution in [0.4, 0.5) is 0 Å². The molecule has 4 aromatic rings. The van der Waals surface area contributed by atoms with Crippen LogP contribution >= 0.6 is 23.2 Å². The van der Waals surface area contributed by atoms with Crippen LogP contribution in [0.1, 0.15) is 31.8 Å². The quantitative estimate of drug-likeness (QED) is 0.188. The normalized spacial score (nSPS) is 9.70. The number of esters is 2. The molecule has 0 amide bonds. The number of aliphatic carboxylic acids is 1. The van der Waals surface area contributed by atoms with Crippen LogP contribution in [0.25, 0.3) is 0 Å². The van der Waals surface area contributed by atoms with Gasteiger partial charge in [0, 0.05) is 5.02 Å². The van der Waals surface area contributed by atoms with Gasteiger partial charge in [-0.15, -0.1) is 0 Å². The second-order valence-electron chi connectivity index (χ2n) is 8.12. The summed E-state index contributed by atoms with van der Waals surface area (Å²) >= 11 is 11.3. The number of carboxylic acids is 1. The van der Waals surface area contributed by atoms with Gasteiger partial charge in [0.1, 0.15) is 5.75 Å². The highest BCUT2D eigenvalue weighted by molar-refractivity contribution is 6.35. The van der Waals surface area contributed by atoms with E-state index in [0.717, 1.165) is 11.1 Å². The van der Waals surface area contributed by atoms with Crippen LogP contribution in [0.15, 0.2) is 103 Å². The molecule has 0 saturated heterocycles. The first kappa shape index (κ1) is 32.0. The lowest BCUT2D eigenvalue weighted by atomic mass is 10.00. The summed E-state index contributed by atoms with van der Waals surface area (Å²) in [5.41, 5.74) is 2.68.